The lowest BCUT2D eigenvalue weighted by Crippen LogP contribution is -2.61. The van der Waals surface area contributed by atoms with Crippen molar-refractivity contribution in [3.8, 4) is 11.5 Å². The quantitative estimate of drug-likeness (QED) is 0.0987. The van der Waals surface area contributed by atoms with Gasteiger partial charge in [0.05, 0.1) is 18.1 Å². The van der Waals surface area contributed by atoms with Gasteiger partial charge in [-0.3, -0.25) is 24.1 Å². The second-order valence-corrected chi connectivity index (χ2v) is 15.1. The van der Waals surface area contributed by atoms with Crippen LogP contribution in [0.2, 0.25) is 0 Å². The average molecular weight is 738 g/mol. The van der Waals surface area contributed by atoms with E-state index in [1.165, 1.54) is 29.4 Å². The first kappa shape index (κ1) is 33.2. The molecule has 3 aliphatic heterocycles. The smallest absolute Gasteiger partial charge is 0.258 e. The summed E-state index contributed by atoms with van der Waals surface area (Å²) in [4.78, 5) is 52.7. The maximum absolute atomic E-state index is 15.3. The zero-order chi connectivity index (χ0) is 35.6. The lowest BCUT2D eigenvalue weighted by atomic mass is 9.56. The van der Waals surface area contributed by atoms with Crippen LogP contribution in [0, 0.1) is 52.8 Å². The van der Waals surface area contributed by atoms with Crippen molar-refractivity contribution in [1.82, 2.24) is 4.90 Å². The van der Waals surface area contributed by atoms with Gasteiger partial charge in [0.2, 0.25) is 17.6 Å². The molecule has 2 aromatic rings. The van der Waals surface area contributed by atoms with Crippen LogP contribution in [0.4, 0.5) is 27.6 Å². The minimum absolute atomic E-state index is 0.0426. The number of imide groups is 2. The van der Waals surface area contributed by atoms with E-state index in [0.29, 0.717) is 29.7 Å². The van der Waals surface area contributed by atoms with E-state index in [1.807, 2.05) is 0 Å². The number of fused-ring (bicyclic) bond motifs is 5. The van der Waals surface area contributed by atoms with Gasteiger partial charge < -0.3 is 9.84 Å². The number of benzene rings is 2. The van der Waals surface area contributed by atoms with Crippen molar-refractivity contribution in [2.45, 2.75) is 67.2 Å². The van der Waals surface area contributed by atoms with E-state index in [0.717, 1.165) is 19.3 Å². The largest absolute Gasteiger partial charge is 0.508 e. The Bertz CT molecular complexity index is 1970. The zero-order valence-electron chi connectivity index (χ0n) is 26.0. The molecule has 0 aromatic heterocycles. The standard InChI is InChI=1S/C35H27Cl2F5N2O6/c36-34-12-20-18(7-8-19-22(20)31(47)43(30(19)46)16-4-2-1-3-5-16)23(15-10-14-11-17(45)6-9-21(14)50-13-15)35(34,37)33(49)44(32(34)48)29-27(41)25(39)24(38)26(40)28(29)42/h6-7,9,11,13,16,19-20,22-23,45H,1-5,8,10,12H2/t19-,20+,22-,23-,34+,35-/m0/s1. The fourth-order valence-electron chi connectivity index (χ4n) is 9.10. The van der Waals surface area contributed by atoms with Gasteiger partial charge in [0.25, 0.3) is 11.8 Å². The summed E-state index contributed by atoms with van der Waals surface area (Å²) in [6, 6.07) is 3.96. The lowest BCUT2D eigenvalue weighted by Gasteiger charge is -2.51. The number of alkyl halides is 2. The van der Waals surface area contributed by atoms with Crippen molar-refractivity contribution in [1.29, 1.82) is 0 Å². The SMILES string of the molecule is O=C1[C@H]2[C@H](CC=C3[C@H](C4=COc5ccc(O)cc5C4)[C@]4(Cl)C(=O)N(c5c(F)c(F)c(F)c(F)c5F)C(=O)[C@]4(Cl)C[C@H]32)C(=O)N1C1CCCCC1. The number of hydrogen-bond donors (Lipinski definition) is 1. The normalized spacial score (nSPS) is 32.3. The Morgan fingerprint density at radius 2 is 1.50 bits per heavy atom. The van der Waals surface area contributed by atoms with Crippen LogP contribution in [-0.2, 0) is 25.6 Å². The number of ether oxygens (including phenoxy) is 1. The summed E-state index contributed by atoms with van der Waals surface area (Å²) in [5.74, 6) is -20.2. The molecule has 0 unspecified atom stereocenters. The van der Waals surface area contributed by atoms with Crippen LogP contribution in [0.5, 0.6) is 11.5 Å². The van der Waals surface area contributed by atoms with Crippen molar-refractivity contribution in [2.75, 3.05) is 4.90 Å². The van der Waals surface area contributed by atoms with Gasteiger partial charge in [-0.25, -0.2) is 26.9 Å². The van der Waals surface area contributed by atoms with E-state index in [2.05, 4.69) is 0 Å². The first-order chi connectivity index (χ1) is 23.7. The molecular weight excluding hydrogens is 710 g/mol. The van der Waals surface area contributed by atoms with E-state index in [-0.39, 0.29) is 41.0 Å². The number of carbonyl (C=O) groups excluding carboxylic acids is 4. The Labute approximate surface area is 291 Å². The molecule has 3 aliphatic carbocycles. The fraction of sp³-hybridized carbons (Fsp3) is 0.429. The van der Waals surface area contributed by atoms with Gasteiger partial charge in [0.15, 0.2) is 33.0 Å². The van der Waals surface area contributed by atoms with Crippen molar-refractivity contribution in [3.63, 3.8) is 0 Å². The number of rotatable bonds is 3. The van der Waals surface area contributed by atoms with Crippen LogP contribution < -0.4 is 9.64 Å². The Morgan fingerprint density at radius 3 is 2.18 bits per heavy atom. The molecule has 4 fully saturated rings. The average Bonchev–Trinajstić information content (AvgIpc) is 3.44. The van der Waals surface area contributed by atoms with Gasteiger partial charge in [-0.05, 0) is 55.4 Å². The molecule has 0 bridgehead atoms. The highest BCUT2D eigenvalue weighted by atomic mass is 35.5. The number of carbonyl (C=O) groups is 4. The Balaban J connectivity index is 1.30. The molecule has 15 heteroatoms. The van der Waals surface area contributed by atoms with Gasteiger partial charge in [-0.2, -0.15) is 0 Å². The van der Waals surface area contributed by atoms with Crippen molar-refractivity contribution in [2.24, 2.45) is 23.7 Å². The summed E-state index contributed by atoms with van der Waals surface area (Å²) in [5.41, 5.74) is -0.829. The number of halogens is 7. The summed E-state index contributed by atoms with van der Waals surface area (Å²) in [6.45, 7) is 0. The molecule has 50 heavy (non-hydrogen) atoms. The molecule has 2 saturated carbocycles. The Kier molecular flexibility index (Phi) is 7.48. The van der Waals surface area contributed by atoms with Crippen molar-refractivity contribution in [3.05, 3.63) is 76.3 Å². The van der Waals surface area contributed by atoms with Crippen LogP contribution in [0.1, 0.15) is 50.5 Å². The summed E-state index contributed by atoms with van der Waals surface area (Å²) in [7, 11) is 0. The Hall–Kier alpha value is -3.97. The topological polar surface area (TPSA) is 104 Å². The highest BCUT2D eigenvalue weighted by Crippen LogP contribution is 2.65. The fourth-order valence-corrected chi connectivity index (χ4v) is 10.1. The zero-order valence-corrected chi connectivity index (χ0v) is 27.5. The number of aromatic hydroxyl groups is 1. The maximum Gasteiger partial charge on any atom is 0.258 e. The Morgan fingerprint density at radius 1 is 0.840 bits per heavy atom. The molecule has 2 saturated heterocycles. The van der Waals surface area contributed by atoms with Crippen LogP contribution in [0.25, 0.3) is 0 Å². The lowest BCUT2D eigenvalue weighted by molar-refractivity contribution is -0.143. The van der Waals surface area contributed by atoms with Crippen LogP contribution in [0.3, 0.4) is 0 Å². The number of phenolic OH excluding ortho intramolecular Hbond substituents is 1. The van der Waals surface area contributed by atoms with Crippen molar-refractivity contribution >= 4 is 52.5 Å². The third-order valence-corrected chi connectivity index (χ3v) is 12.8. The number of allylic oxidation sites excluding steroid dienone is 3. The van der Waals surface area contributed by atoms with Gasteiger partial charge in [0.1, 0.15) is 17.2 Å². The van der Waals surface area contributed by atoms with Crippen LogP contribution in [-0.4, -0.2) is 49.4 Å². The van der Waals surface area contributed by atoms with Gasteiger partial charge >= 0.3 is 0 Å². The maximum atomic E-state index is 15.3. The van der Waals surface area contributed by atoms with Gasteiger partial charge in [-0.1, -0.05) is 30.9 Å². The third-order valence-electron chi connectivity index (χ3n) is 11.3. The van der Waals surface area contributed by atoms with E-state index < -0.39 is 92.3 Å². The molecule has 262 valence electrons. The molecule has 8 rings (SSSR count). The molecule has 8 nitrogen and oxygen atoms in total. The number of nitrogens with zero attached hydrogens (tertiary/aromatic N) is 2. The number of hydrogen-bond acceptors (Lipinski definition) is 6. The van der Waals surface area contributed by atoms with Crippen molar-refractivity contribution < 1.29 is 51.0 Å². The molecule has 1 N–H and O–H groups in total. The summed E-state index contributed by atoms with van der Waals surface area (Å²) in [6.07, 6.45) is 6.28. The third kappa shape index (κ3) is 4.22. The second kappa shape index (κ2) is 11.3. The monoisotopic (exact) mass is 736 g/mol. The van der Waals surface area contributed by atoms with E-state index in [9.17, 15) is 37.5 Å². The van der Waals surface area contributed by atoms with E-state index in [1.54, 1.807) is 6.08 Å². The predicted molar refractivity (Wildman–Crippen MR) is 166 cm³/mol. The number of phenols is 1. The number of likely N-dealkylation sites (tertiary alicyclic amines) is 1. The summed E-state index contributed by atoms with van der Waals surface area (Å²) < 4.78 is 79.3. The molecule has 3 heterocycles. The number of amides is 4. The summed E-state index contributed by atoms with van der Waals surface area (Å²) >= 11 is 14.4. The molecule has 2 aromatic carbocycles. The first-order valence-electron chi connectivity index (χ1n) is 16.2. The van der Waals surface area contributed by atoms with Crippen LogP contribution in [0.15, 0.2) is 41.7 Å². The summed E-state index contributed by atoms with van der Waals surface area (Å²) in [5, 5.41) is 10.2. The molecule has 0 radical (unpaired) electrons. The molecule has 6 aliphatic rings. The van der Waals surface area contributed by atoms with Gasteiger partial charge in [0, 0.05) is 23.9 Å². The molecule has 0 spiro atoms. The molecular formula is C35H27Cl2F5N2O6. The van der Waals surface area contributed by atoms with Crippen LogP contribution >= 0.6 is 23.2 Å². The second-order valence-electron chi connectivity index (χ2n) is 13.8. The predicted octanol–water partition coefficient (Wildman–Crippen LogP) is 6.34. The number of anilines is 1. The minimum atomic E-state index is -2.64. The highest BCUT2D eigenvalue weighted by molar-refractivity contribution is 6.58. The molecule has 4 amide bonds. The van der Waals surface area contributed by atoms with Gasteiger partial charge in [-0.15, -0.1) is 23.2 Å². The van der Waals surface area contributed by atoms with E-state index >= 15 is 8.78 Å². The molecule has 6 atom stereocenters. The highest BCUT2D eigenvalue weighted by Gasteiger charge is 2.77. The van der Waals surface area contributed by atoms with E-state index in [4.69, 9.17) is 27.9 Å². The minimum Gasteiger partial charge on any atom is -0.508 e. The first-order valence-corrected chi connectivity index (χ1v) is 17.0.